The summed E-state index contributed by atoms with van der Waals surface area (Å²) in [4.78, 5) is 25.2. The molecule has 0 spiro atoms. The minimum absolute atomic E-state index is 0.00704. The Bertz CT molecular complexity index is 732. The summed E-state index contributed by atoms with van der Waals surface area (Å²) in [5.74, 6) is -1.24. The molecule has 0 aromatic heterocycles. The van der Waals surface area contributed by atoms with Gasteiger partial charge in [0, 0.05) is 5.92 Å². The van der Waals surface area contributed by atoms with Crippen LogP contribution < -0.4 is 0 Å². The number of esters is 2. The number of carbonyl (C=O) groups excluding carboxylic acids is 2. The van der Waals surface area contributed by atoms with Crippen LogP contribution in [0, 0.1) is 11.8 Å². The molecule has 0 radical (unpaired) electrons. The third kappa shape index (κ3) is 3.24. The summed E-state index contributed by atoms with van der Waals surface area (Å²) < 4.78 is 11.2. The minimum Gasteiger partial charge on any atom is -0.425 e. The lowest BCUT2D eigenvalue weighted by Gasteiger charge is -2.26. The molecule has 1 saturated carbocycles. The number of benzene rings is 2. The minimum atomic E-state index is -0.754. The first-order valence-electron chi connectivity index (χ1n) is 9.25. The molecule has 134 valence electrons. The van der Waals surface area contributed by atoms with E-state index >= 15 is 0 Å². The van der Waals surface area contributed by atoms with Gasteiger partial charge in [-0.15, -0.1) is 0 Å². The Labute approximate surface area is 153 Å². The lowest BCUT2D eigenvalue weighted by atomic mass is 9.80. The molecule has 4 rings (SSSR count). The van der Waals surface area contributed by atoms with Crippen molar-refractivity contribution in [3.05, 3.63) is 71.8 Å². The van der Waals surface area contributed by atoms with Gasteiger partial charge in [-0.1, -0.05) is 73.5 Å². The Hall–Kier alpha value is -2.62. The molecular formula is C22H22O4. The zero-order valence-electron chi connectivity index (χ0n) is 14.5. The quantitative estimate of drug-likeness (QED) is 0.781. The average molecular weight is 350 g/mol. The highest BCUT2D eigenvalue weighted by molar-refractivity contribution is 5.83. The molecule has 2 fully saturated rings. The summed E-state index contributed by atoms with van der Waals surface area (Å²) in [6.07, 6.45) is 3.03. The maximum absolute atomic E-state index is 13.1. The lowest BCUT2D eigenvalue weighted by Crippen LogP contribution is -2.30. The van der Waals surface area contributed by atoms with Crippen molar-refractivity contribution < 1.29 is 19.1 Å². The fraction of sp³-hybridized carbons (Fsp3) is 0.364. The third-order valence-electron chi connectivity index (χ3n) is 5.44. The first kappa shape index (κ1) is 16.8. The molecule has 2 aromatic rings. The topological polar surface area (TPSA) is 52.6 Å². The molecule has 1 aliphatic carbocycles. The molecular weight excluding hydrogens is 328 g/mol. The summed E-state index contributed by atoms with van der Waals surface area (Å²) in [7, 11) is 0. The van der Waals surface area contributed by atoms with E-state index in [4.69, 9.17) is 9.47 Å². The molecule has 26 heavy (non-hydrogen) atoms. The van der Waals surface area contributed by atoms with Crippen molar-refractivity contribution >= 4 is 11.9 Å². The predicted octanol–water partition coefficient (Wildman–Crippen LogP) is 4.05. The van der Waals surface area contributed by atoms with Gasteiger partial charge in [-0.25, -0.2) is 0 Å². The molecule has 2 aliphatic rings. The first-order valence-corrected chi connectivity index (χ1v) is 9.25. The summed E-state index contributed by atoms with van der Waals surface area (Å²) >= 11 is 0. The van der Waals surface area contributed by atoms with E-state index in [2.05, 4.69) is 0 Å². The Kier molecular flexibility index (Phi) is 4.74. The van der Waals surface area contributed by atoms with E-state index in [0.717, 1.165) is 36.8 Å². The van der Waals surface area contributed by atoms with Gasteiger partial charge in [0.1, 0.15) is 5.92 Å². The number of fused-ring (bicyclic) bond motifs is 1. The summed E-state index contributed by atoms with van der Waals surface area (Å²) in [6, 6.07) is 19.1. The van der Waals surface area contributed by atoms with E-state index < -0.39 is 12.2 Å². The average Bonchev–Trinajstić information content (AvgIpc) is 3.00. The molecule has 1 heterocycles. The third-order valence-corrected chi connectivity index (χ3v) is 5.44. The number of hydrogen-bond acceptors (Lipinski definition) is 4. The van der Waals surface area contributed by atoms with E-state index in [-0.39, 0.29) is 23.8 Å². The van der Waals surface area contributed by atoms with E-state index in [1.54, 1.807) is 0 Å². The van der Waals surface area contributed by atoms with Crippen molar-refractivity contribution in [2.75, 3.05) is 0 Å². The zero-order chi connectivity index (χ0) is 17.9. The molecule has 1 saturated heterocycles. The number of carbonyl (C=O) groups is 2. The fourth-order valence-electron chi connectivity index (χ4n) is 4.12. The standard InChI is InChI=1S/C22H22O4/c23-20-17-13-7-8-14-18(17)22(25-20)26-21(24)19(15-9-3-1-4-10-15)16-11-5-2-6-12-16/h1-6,9-12,17-19,22H,7-8,13-14H2/t17-,18+,22+/m0/s1. The predicted molar refractivity (Wildman–Crippen MR) is 96.1 cm³/mol. The highest BCUT2D eigenvalue weighted by Crippen LogP contribution is 2.41. The van der Waals surface area contributed by atoms with E-state index in [1.165, 1.54) is 0 Å². The van der Waals surface area contributed by atoms with Gasteiger partial charge in [-0.05, 0) is 24.0 Å². The Morgan fingerprint density at radius 3 is 2.12 bits per heavy atom. The van der Waals surface area contributed by atoms with Crippen LogP contribution in [-0.2, 0) is 19.1 Å². The first-order chi connectivity index (χ1) is 12.7. The van der Waals surface area contributed by atoms with E-state index in [0.29, 0.717) is 0 Å². The zero-order valence-corrected chi connectivity index (χ0v) is 14.5. The number of cyclic esters (lactones) is 1. The van der Waals surface area contributed by atoms with Gasteiger partial charge in [0.25, 0.3) is 6.29 Å². The Morgan fingerprint density at radius 2 is 1.50 bits per heavy atom. The van der Waals surface area contributed by atoms with Gasteiger partial charge >= 0.3 is 11.9 Å². The highest BCUT2D eigenvalue weighted by Gasteiger charge is 2.48. The van der Waals surface area contributed by atoms with Crippen LogP contribution in [0.25, 0.3) is 0 Å². The van der Waals surface area contributed by atoms with E-state index in [9.17, 15) is 9.59 Å². The Morgan fingerprint density at radius 1 is 0.923 bits per heavy atom. The summed E-state index contributed by atoms with van der Waals surface area (Å²) in [6.45, 7) is 0. The second-order valence-electron chi connectivity index (χ2n) is 7.05. The maximum Gasteiger partial charge on any atom is 0.321 e. The fourth-order valence-corrected chi connectivity index (χ4v) is 4.12. The molecule has 4 nitrogen and oxygen atoms in total. The molecule has 2 aromatic carbocycles. The monoisotopic (exact) mass is 350 g/mol. The van der Waals surface area contributed by atoms with Crippen molar-refractivity contribution in [1.82, 2.24) is 0 Å². The molecule has 0 bridgehead atoms. The summed E-state index contributed by atoms with van der Waals surface area (Å²) in [5, 5.41) is 0. The highest BCUT2D eigenvalue weighted by atomic mass is 16.7. The van der Waals surface area contributed by atoms with Gasteiger partial charge in [-0.3, -0.25) is 9.59 Å². The molecule has 1 aliphatic heterocycles. The molecule has 3 atom stereocenters. The van der Waals surface area contributed by atoms with Gasteiger partial charge in [-0.2, -0.15) is 0 Å². The van der Waals surface area contributed by atoms with E-state index in [1.807, 2.05) is 60.7 Å². The van der Waals surface area contributed by atoms with Crippen molar-refractivity contribution in [2.45, 2.75) is 37.9 Å². The van der Waals surface area contributed by atoms with Crippen LogP contribution in [-0.4, -0.2) is 18.2 Å². The molecule has 0 amide bonds. The van der Waals surface area contributed by atoms with Crippen molar-refractivity contribution in [1.29, 1.82) is 0 Å². The normalized spacial score (nSPS) is 24.8. The number of rotatable bonds is 4. The van der Waals surface area contributed by atoms with Crippen LogP contribution in [0.1, 0.15) is 42.7 Å². The van der Waals surface area contributed by atoms with Crippen molar-refractivity contribution in [3.63, 3.8) is 0 Å². The van der Waals surface area contributed by atoms with Crippen LogP contribution in [0.2, 0.25) is 0 Å². The van der Waals surface area contributed by atoms with Gasteiger partial charge in [0.15, 0.2) is 0 Å². The van der Waals surface area contributed by atoms with Gasteiger partial charge in [0.05, 0.1) is 5.92 Å². The molecule has 0 unspecified atom stereocenters. The maximum atomic E-state index is 13.1. The van der Waals surface area contributed by atoms with Crippen molar-refractivity contribution in [3.8, 4) is 0 Å². The Balaban J connectivity index is 1.58. The van der Waals surface area contributed by atoms with Gasteiger partial charge in [0.2, 0.25) is 0 Å². The second-order valence-corrected chi connectivity index (χ2v) is 7.05. The van der Waals surface area contributed by atoms with Crippen LogP contribution in [0.5, 0.6) is 0 Å². The van der Waals surface area contributed by atoms with Crippen LogP contribution in [0.3, 0.4) is 0 Å². The van der Waals surface area contributed by atoms with Crippen LogP contribution in [0.15, 0.2) is 60.7 Å². The van der Waals surface area contributed by atoms with Crippen LogP contribution in [0.4, 0.5) is 0 Å². The molecule has 4 heteroatoms. The largest absolute Gasteiger partial charge is 0.425 e. The smallest absolute Gasteiger partial charge is 0.321 e. The second kappa shape index (κ2) is 7.32. The number of hydrogen-bond donors (Lipinski definition) is 0. The van der Waals surface area contributed by atoms with Crippen LogP contribution >= 0.6 is 0 Å². The van der Waals surface area contributed by atoms with Gasteiger partial charge < -0.3 is 9.47 Å². The SMILES string of the molecule is O=C(O[C@H]1OC(=O)[C@H]2CCCC[C@@H]12)C(c1ccccc1)c1ccccc1. The lowest BCUT2D eigenvalue weighted by molar-refractivity contribution is -0.182. The van der Waals surface area contributed by atoms with Crippen molar-refractivity contribution in [2.24, 2.45) is 11.8 Å². The summed E-state index contributed by atoms with van der Waals surface area (Å²) in [5.41, 5.74) is 1.74. The number of ether oxygens (including phenoxy) is 2. The molecule has 0 N–H and O–H groups in total.